The Bertz CT molecular complexity index is 1070. The van der Waals surface area contributed by atoms with Crippen molar-refractivity contribution in [3.8, 4) is 0 Å². The molecular formula is C56H103NO5. The van der Waals surface area contributed by atoms with Gasteiger partial charge < -0.3 is 20.3 Å². The minimum Gasteiger partial charge on any atom is -0.462 e. The lowest BCUT2D eigenvalue weighted by molar-refractivity contribution is -0.151. The van der Waals surface area contributed by atoms with Crippen LogP contribution in [0.3, 0.4) is 0 Å². The third kappa shape index (κ3) is 44.4. The van der Waals surface area contributed by atoms with Crippen LogP contribution in [0, 0.1) is 0 Å². The maximum atomic E-state index is 13.2. The Morgan fingerprint density at radius 2 is 0.871 bits per heavy atom. The molecule has 0 bridgehead atoms. The van der Waals surface area contributed by atoms with Gasteiger partial charge in [-0.05, 0) is 83.5 Å². The second-order valence-electron chi connectivity index (χ2n) is 18.2. The number of ether oxygens (including phenoxy) is 1. The second kappa shape index (κ2) is 49.8. The highest BCUT2D eigenvalue weighted by molar-refractivity contribution is 5.77. The highest BCUT2D eigenvalue weighted by Gasteiger charge is 2.24. The van der Waals surface area contributed by atoms with E-state index in [1.54, 1.807) is 0 Å². The normalized spacial score (nSPS) is 13.6. The molecule has 1 amide bonds. The molecule has 0 rings (SSSR count). The summed E-state index contributed by atoms with van der Waals surface area (Å²) in [6.45, 7) is 6.37. The van der Waals surface area contributed by atoms with Gasteiger partial charge in [0.15, 0.2) is 0 Å². The first-order chi connectivity index (χ1) is 30.5. The Hall–Kier alpha value is -2.18. The van der Waals surface area contributed by atoms with Gasteiger partial charge in [-0.1, -0.05) is 223 Å². The van der Waals surface area contributed by atoms with Crippen LogP contribution in [-0.4, -0.2) is 46.9 Å². The Kier molecular flexibility index (Phi) is 48.1. The van der Waals surface area contributed by atoms with Crippen molar-refractivity contribution in [1.29, 1.82) is 0 Å². The fourth-order valence-electron chi connectivity index (χ4n) is 8.09. The molecule has 0 fully saturated rings. The van der Waals surface area contributed by atoms with Gasteiger partial charge in [0.1, 0.15) is 6.10 Å². The van der Waals surface area contributed by atoms with Crippen LogP contribution in [-0.2, 0) is 14.3 Å². The number of allylic oxidation sites excluding steroid dienone is 8. The summed E-state index contributed by atoms with van der Waals surface area (Å²) >= 11 is 0. The number of aliphatic hydroxyl groups excluding tert-OH is 2. The molecule has 0 heterocycles. The predicted octanol–water partition coefficient (Wildman–Crippen LogP) is 16.2. The number of unbranched alkanes of at least 4 members (excludes halogenated alkanes) is 28. The average Bonchev–Trinajstić information content (AvgIpc) is 3.26. The molecule has 0 saturated carbocycles. The smallest absolute Gasteiger partial charge is 0.306 e. The van der Waals surface area contributed by atoms with Crippen LogP contribution in [0.5, 0.6) is 0 Å². The van der Waals surface area contributed by atoms with Crippen LogP contribution < -0.4 is 5.32 Å². The highest BCUT2D eigenvalue weighted by atomic mass is 16.5. The number of amides is 1. The Morgan fingerprint density at radius 1 is 0.484 bits per heavy atom. The summed E-state index contributed by atoms with van der Waals surface area (Å²) in [5, 5.41) is 23.8. The molecule has 0 radical (unpaired) electrons. The molecule has 0 aliphatic heterocycles. The van der Waals surface area contributed by atoms with E-state index in [1.807, 2.05) is 0 Å². The van der Waals surface area contributed by atoms with Gasteiger partial charge in [0, 0.05) is 6.42 Å². The molecule has 3 unspecified atom stereocenters. The Morgan fingerprint density at radius 3 is 1.34 bits per heavy atom. The molecule has 3 atom stereocenters. The number of nitrogens with one attached hydrogen (secondary N) is 1. The molecule has 6 nitrogen and oxygen atoms in total. The van der Waals surface area contributed by atoms with Crippen molar-refractivity contribution in [1.82, 2.24) is 5.32 Å². The summed E-state index contributed by atoms with van der Waals surface area (Å²) in [6, 6.07) is -0.710. The number of hydrogen-bond acceptors (Lipinski definition) is 5. The van der Waals surface area contributed by atoms with Crippen LogP contribution in [0.1, 0.15) is 271 Å². The van der Waals surface area contributed by atoms with Gasteiger partial charge in [-0.2, -0.15) is 0 Å². The van der Waals surface area contributed by atoms with E-state index in [1.165, 1.54) is 128 Å². The summed E-state index contributed by atoms with van der Waals surface area (Å²) in [5.41, 5.74) is 0. The third-order valence-corrected chi connectivity index (χ3v) is 12.1. The van der Waals surface area contributed by atoms with E-state index in [4.69, 9.17) is 4.74 Å². The lowest BCUT2D eigenvalue weighted by Crippen LogP contribution is -2.46. The van der Waals surface area contributed by atoms with Crippen molar-refractivity contribution in [2.75, 3.05) is 6.61 Å². The van der Waals surface area contributed by atoms with Gasteiger partial charge in [0.05, 0.1) is 25.2 Å². The molecule has 6 heteroatoms. The van der Waals surface area contributed by atoms with E-state index in [2.05, 4.69) is 74.7 Å². The van der Waals surface area contributed by atoms with Crippen LogP contribution >= 0.6 is 0 Å². The van der Waals surface area contributed by atoms with Gasteiger partial charge >= 0.3 is 5.97 Å². The summed E-state index contributed by atoms with van der Waals surface area (Å²) in [5.74, 6) is -0.499. The molecule has 0 aromatic rings. The van der Waals surface area contributed by atoms with E-state index in [0.717, 1.165) is 96.3 Å². The van der Waals surface area contributed by atoms with Crippen LogP contribution in [0.2, 0.25) is 0 Å². The van der Waals surface area contributed by atoms with Crippen molar-refractivity contribution in [3.63, 3.8) is 0 Å². The van der Waals surface area contributed by atoms with Crippen LogP contribution in [0.25, 0.3) is 0 Å². The predicted molar refractivity (Wildman–Crippen MR) is 269 cm³/mol. The first-order valence-electron chi connectivity index (χ1n) is 26.9. The van der Waals surface area contributed by atoms with Crippen molar-refractivity contribution in [2.24, 2.45) is 0 Å². The van der Waals surface area contributed by atoms with E-state index < -0.39 is 18.2 Å². The van der Waals surface area contributed by atoms with E-state index in [9.17, 15) is 19.8 Å². The van der Waals surface area contributed by atoms with Gasteiger partial charge in [-0.15, -0.1) is 0 Å². The first-order valence-corrected chi connectivity index (χ1v) is 26.9. The van der Waals surface area contributed by atoms with Gasteiger partial charge in [0.25, 0.3) is 0 Å². The van der Waals surface area contributed by atoms with Crippen molar-refractivity contribution >= 4 is 11.9 Å². The van der Waals surface area contributed by atoms with Gasteiger partial charge in [0.2, 0.25) is 5.91 Å². The molecule has 0 aromatic carbocycles. The molecule has 362 valence electrons. The minimum absolute atomic E-state index is 0.0602. The maximum absolute atomic E-state index is 13.2. The lowest BCUT2D eigenvalue weighted by atomic mass is 10.0. The largest absolute Gasteiger partial charge is 0.462 e. The second-order valence-corrected chi connectivity index (χ2v) is 18.2. The summed E-state index contributed by atoms with van der Waals surface area (Å²) in [6.07, 6.45) is 60.3. The van der Waals surface area contributed by atoms with E-state index in [0.29, 0.717) is 19.3 Å². The number of aliphatic hydroxyl groups is 2. The van der Waals surface area contributed by atoms with Crippen molar-refractivity contribution in [3.05, 3.63) is 48.6 Å². The number of hydrogen-bond donors (Lipinski definition) is 3. The van der Waals surface area contributed by atoms with Crippen LogP contribution in [0.15, 0.2) is 48.6 Å². The molecule has 62 heavy (non-hydrogen) atoms. The quantitative estimate of drug-likeness (QED) is 0.0322. The summed E-state index contributed by atoms with van der Waals surface area (Å²) < 4.78 is 5.93. The number of carbonyl (C=O) groups excluding carboxylic acids is 2. The summed E-state index contributed by atoms with van der Waals surface area (Å²) in [4.78, 5) is 26.2. The maximum Gasteiger partial charge on any atom is 0.306 e. The zero-order valence-electron chi connectivity index (χ0n) is 41.3. The number of esters is 1. The first kappa shape index (κ1) is 59.8. The molecule has 3 N–H and O–H groups in total. The highest BCUT2D eigenvalue weighted by Crippen LogP contribution is 2.18. The molecule has 0 aliphatic rings. The zero-order chi connectivity index (χ0) is 45.2. The van der Waals surface area contributed by atoms with Crippen molar-refractivity contribution < 1.29 is 24.5 Å². The molecule has 0 saturated heterocycles. The molecule has 0 spiro atoms. The molecule has 0 aliphatic carbocycles. The number of carbonyl (C=O) groups is 2. The van der Waals surface area contributed by atoms with E-state index in [-0.39, 0.29) is 24.9 Å². The lowest BCUT2D eigenvalue weighted by Gasteiger charge is -2.24. The van der Waals surface area contributed by atoms with Crippen LogP contribution in [0.4, 0.5) is 0 Å². The SMILES string of the molecule is CC/C=C/C/C=C/C/C=C/CCCCCCC(CC(=O)NC(CO)C(O)CCCCCCCCCCCCCCC)OC(=O)CCCCCCC/C=C/CCCCCCCCC. The average molecular weight is 870 g/mol. The van der Waals surface area contributed by atoms with Gasteiger partial charge in [-0.3, -0.25) is 9.59 Å². The monoisotopic (exact) mass is 870 g/mol. The topological polar surface area (TPSA) is 95.9 Å². The van der Waals surface area contributed by atoms with E-state index >= 15 is 0 Å². The minimum atomic E-state index is -0.795. The number of rotatable bonds is 48. The van der Waals surface area contributed by atoms with Crippen molar-refractivity contribution in [2.45, 2.75) is 289 Å². The fourth-order valence-corrected chi connectivity index (χ4v) is 8.09. The molecular weight excluding hydrogens is 767 g/mol. The Balaban J connectivity index is 4.60. The summed E-state index contributed by atoms with van der Waals surface area (Å²) in [7, 11) is 0. The fraction of sp³-hybridized carbons (Fsp3) is 0.821. The standard InChI is InChI=1S/C56H103NO5/c1-4-7-10-13-16-19-22-25-27-28-31-34-37-40-43-46-49-56(61)62-52(47-44-41-38-35-32-30-26-23-20-17-14-11-8-5-2)50-55(60)57-53(51-58)54(59)48-45-42-39-36-33-29-24-21-18-15-12-9-6-3/h8,11,17,20,26-28,30,52-54,58-59H,4-7,9-10,12-16,18-19,21-25,29,31-51H2,1-3H3,(H,57,60)/b11-8+,20-17+,28-27+,30-26+. The Labute approximate surface area is 385 Å². The zero-order valence-corrected chi connectivity index (χ0v) is 41.3. The van der Waals surface area contributed by atoms with Gasteiger partial charge in [-0.25, -0.2) is 0 Å². The molecule has 0 aromatic heterocycles. The third-order valence-electron chi connectivity index (χ3n) is 12.1.